The maximum Gasteiger partial charge on any atom is 0.354 e. The number of aryl methyl sites for hydroxylation is 1. The molecular formula is C15H16N4O4. The topological polar surface area (TPSA) is 97.6 Å². The Morgan fingerprint density at radius 2 is 2.13 bits per heavy atom. The maximum absolute atomic E-state index is 12.6. The first-order chi connectivity index (χ1) is 11.0. The summed E-state index contributed by atoms with van der Waals surface area (Å²) in [6.45, 7) is 1.22. The second-order valence-corrected chi connectivity index (χ2v) is 5.27. The first-order valence-electron chi connectivity index (χ1n) is 7.14. The molecule has 1 N–H and O–H groups in total. The van der Waals surface area contributed by atoms with Crippen LogP contribution in [0.4, 0.5) is 0 Å². The molecule has 1 amide bonds. The molecule has 2 aromatic rings. The number of nitrogens with zero attached hydrogens (tertiary/aromatic N) is 4. The van der Waals surface area contributed by atoms with Crippen molar-refractivity contribution in [2.45, 2.75) is 6.10 Å². The zero-order chi connectivity index (χ0) is 16.4. The van der Waals surface area contributed by atoms with Gasteiger partial charge in [0.05, 0.1) is 19.3 Å². The van der Waals surface area contributed by atoms with E-state index in [2.05, 4.69) is 10.1 Å². The van der Waals surface area contributed by atoms with Crippen molar-refractivity contribution in [3.05, 3.63) is 47.5 Å². The molecule has 0 aromatic carbocycles. The molecule has 1 aliphatic heterocycles. The van der Waals surface area contributed by atoms with Gasteiger partial charge in [-0.2, -0.15) is 5.10 Å². The molecule has 0 bridgehead atoms. The molecule has 1 aliphatic rings. The molecule has 8 nitrogen and oxygen atoms in total. The lowest BCUT2D eigenvalue weighted by molar-refractivity contribution is -0.0230. The molecular weight excluding hydrogens is 300 g/mol. The zero-order valence-electron chi connectivity index (χ0n) is 12.5. The fourth-order valence-electron chi connectivity index (χ4n) is 2.48. The van der Waals surface area contributed by atoms with Gasteiger partial charge in [-0.15, -0.1) is 0 Å². The first-order valence-corrected chi connectivity index (χ1v) is 7.14. The van der Waals surface area contributed by atoms with Gasteiger partial charge in [0, 0.05) is 25.4 Å². The normalized spacial score (nSPS) is 18.0. The monoisotopic (exact) mass is 316 g/mol. The Labute approximate surface area is 132 Å². The summed E-state index contributed by atoms with van der Waals surface area (Å²) in [7, 11) is 1.82. The number of hydrogen-bond acceptors (Lipinski definition) is 5. The molecule has 120 valence electrons. The van der Waals surface area contributed by atoms with Crippen LogP contribution in [0.3, 0.4) is 0 Å². The fourth-order valence-corrected chi connectivity index (χ4v) is 2.48. The highest BCUT2D eigenvalue weighted by Crippen LogP contribution is 2.22. The lowest BCUT2D eigenvalue weighted by Gasteiger charge is -2.32. The number of amides is 1. The summed E-state index contributed by atoms with van der Waals surface area (Å²) in [5, 5.41) is 13.1. The van der Waals surface area contributed by atoms with Gasteiger partial charge in [-0.1, -0.05) is 6.07 Å². The van der Waals surface area contributed by atoms with Crippen LogP contribution in [0.1, 0.15) is 32.6 Å². The number of morpholine rings is 1. The van der Waals surface area contributed by atoms with Crippen molar-refractivity contribution in [1.82, 2.24) is 19.7 Å². The first kappa shape index (κ1) is 15.2. The fraction of sp³-hybridized carbons (Fsp3) is 0.333. The minimum absolute atomic E-state index is 0.122. The van der Waals surface area contributed by atoms with Gasteiger partial charge < -0.3 is 14.7 Å². The van der Waals surface area contributed by atoms with E-state index in [1.807, 2.05) is 13.2 Å². The Morgan fingerprint density at radius 1 is 1.35 bits per heavy atom. The number of aromatic carboxylic acids is 1. The highest BCUT2D eigenvalue weighted by Gasteiger charge is 2.27. The molecule has 0 spiro atoms. The van der Waals surface area contributed by atoms with Crippen LogP contribution < -0.4 is 0 Å². The average molecular weight is 316 g/mol. The van der Waals surface area contributed by atoms with Crippen molar-refractivity contribution in [3.63, 3.8) is 0 Å². The predicted molar refractivity (Wildman–Crippen MR) is 79.0 cm³/mol. The number of hydrogen-bond donors (Lipinski definition) is 1. The summed E-state index contributed by atoms with van der Waals surface area (Å²) in [5.74, 6) is -1.46. The molecule has 23 heavy (non-hydrogen) atoms. The van der Waals surface area contributed by atoms with E-state index in [0.717, 1.165) is 5.56 Å². The Balaban J connectivity index is 1.77. The summed E-state index contributed by atoms with van der Waals surface area (Å²) in [5.41, 5.74) is 0.877. The summed E-state index contributed by atoms with van der Waals surface area (Å²) >= 11 is 0. The Kier molecular flexibility index (Phi) is 4.07. The number of carboxylic acid groups (broad SMARTS) is 1. The molecule has 3 heterocycles. The third-order valence-corrected chi connectivity index (χ3v) is 3.64. The van der Waals surface area contributed by atoms with Crippen LogP contribution in [0.2, 0.25) is 0 Å². The van der Waals surface area contributed by atoms with Crippen molar-refractivity contribution in [3.8, 4) is 0 Å². The Morgan fingerprint density at radius 3 is 2.83 bits per heavy atom. The van der Waals surface area contributed by atoms with Gasteiger partial charge in [-0.25, -0.2) is 9.78 Å². The second kappa shape index (κ2) is 6.17. The number of rotatable bonds is 3. The second-order valence-electron chi connectivity index (χ2n) is 5.27. The smallest absolute Gasteiger partial charge is 0.354 e. The number of carbonyl (C=O) groups is 2. The minimum atomic E-state index is -1.16. The van der Waals surface area contributed by atoms with Crippen molar-refractivity contribution in [2.75, 3.05) is 19.7 Å². The highest BCUT2D eigenvalue weighted by molar-refractivity contribution is 5.94. The molecule has 1 atom stereocenters. The van der Waals surface area contributed by atoms with Gasteiger partial charge in [0.15, 0.2) is 0 Å². The third-order valence-electron chi connectivity index (χ3n) is 3.64. The van der Waals surface area contributed by atoms with E-state index in [1.165, 1.54) is 18.2 Å². The minimum Gasteiger partial charge on any atom is -0.477 e. The van der Waals surface area contributed by atoms with E-state index in [0.29, 0.717) is 19.7 Å². The molecule has 3 rings (SSSR count). The SMILES string of the molecule is Cn1cc(C2CN(C(=O)c3cccc(C(=O)O)n3)CCO2)cn1. The van der Waals surface area contributed by atoms with Gasteiger partial charge in [-0.3, -0.25) is 9.48 Å². The summed E-state index contributed by atoms with van der Waals surface area (Å²) in [6, 6.07) is 4.39. The lowest BCUT2D eigenvalue weighted by atomic mass is 10.1. The van der Waals surface area contributed by atoms with E-state index in [9.17, 15) is 9.59 Å². The molecule has 1 unspecified atom stereocenters. The standard InChI is InChI=1S/C15H16N4O4/c1-18-8-10(7-16-18)13-9-19(5-6-23-13)14(20)11-3-2-4-12(17-11)15(21)22/h2-4,7-8,13H,5-6,9H2,1H3,(H,21,22). The Bertz CT molecular complexity index is 743. The predicted octanol–water partition coefficient (Wildman–Crippen LogP) is 0.727. The van der Waals surface area contributed by atoms with E-state index < -0.39 is 5.97 Å². The quantitative estimate of drug-likeness (QED) is 0.896. The van der Waals surface area contributed by atoms with E-state index >= 15 is 0 Å². The van der Waals surface area contributed by atoms with Crippen LogP contribution >= 0.6 is 0 Å². The molecule has 1 saturated heterocycles. The number of aromatic nitrogens is 3. The van der Waals surface area contributed by atoms with Crippen LogP contribution in [0.5, 0.6) is 0 Å². The van der Waals surface area contributed by atoms with Crippen LogP contribution in [0.15, 0.2) is 30.6 Å². The largest absolute Gasteiger partial charge is 0.477 e. The molecule has 0 saturated carbocycles. The summed E-state index contributed by atoms with van der Waals surface area (Å²) in [4.78, 5) is 29.0. The van der Waals surface area contributed by atoms with Crippen molar-refractivity contribution < 1.29 is 19.4 Å². The van der Waals surface area contributed by atoms with Crippen molar-refractivity contribution >= 4 is 11.9 Å². The van der Waals surface area contributed by atoms with E-state index in [1.54, 1.807) is 15.8 Å². The third kappa shape index (κ3) is 3.21. The van der Waals surface area contributed by atoms with E-state index in [-0.39, 0.29) is 23.4 Å². The number of pyridine rings is 1. The summed E-state index contributed by atoms with van der Waals surface area (Å²) < 4.78 is 7.37. The van der Waals surface area contributed by atoms with E-state index in [4.69, 9.17) is 9.84 Å². The summed E-state index contributed by atoms with van der Waals surface area (Å²) in [6.07, 6.45) is 3.31. The van der Waals surface area contributed by atoms with Crippen LogP contribution in [-0.2, 0) is 11.8 Å². The number of carboxylic acids is 1. The highest BCUT2D eigenvalue weighted by atomic mass is 16.5. The number of carbonyl (C=O) groups excluding carboxylic acids is 1. The van der Waals surface area contributed by atoms with Gasteiger partial charge >= 0.3 is 5.97 Å². The molecule has 1 fully saturated rings. The van der Waals surface area contributed by atoms with Gasteiger partial charge in [-0.05, 0) is 12.1 Å². The molecule has 2 aromatic heterocycles. The average Bonchev–Trinajstić information content (AvgIpc) is 3.01. The van der Waals surface area contributed by atoms with Crippen LogP contribution in [0.25, 0.3) is 0 Å². The van der Waals surface area contributed by atoms with Crippen molar-refractivity contribution in [2.24, 2.45) is 7.05 Å². The zero-order valence-corrected chi connectivity index (χ0v) is 12.5. The number of ether oxygens (including phenoxy) is 1. The maximum atomic E-state index is 12.6. The lowest BCUT2D eigenvalue weighted by Crippen LogP contribution is -2.42. The Hall–Kier alpha value is -2.74. The molecule has 8 heteroatoms. The molecule has 0 radical (unpaired) electrons. The van der Waals surface area contributed by atoms with Crippen LogP contribution in [-0.4, -0.2) is 56.3 Å². The molecule has 0 aliphatic carbocycles. The van der Waals surface area contributed by atoms with Gasteiger partial charge in [0.1, 0.15) is 17.5 Å². The van der Waals surface area contributed by atoms with Gasteiger partial charge in [0.2, 0.25) is 0 Å². The van der Waals surface area contributed by atoms with Crippen molar-refractivity contribution in [1.29, 1.82) is 0 Å². The van der Waals surface area contributed by atoms with Gasteiger partial charge in [0.25, 0.3) is 5.91 Å². The van der Waals surface area contributed by atoms with Crippen LogP contribution in [0, 0.1) is 0 Å².